The molecule has 2 amide bonds. The molecule has 0 radical (unpaired) electrons. The quantitative estimate of drug-likeness (QED) is 0.309. The molecule has 2 unspecified atom stereocenters. The van der Waals surface area contributed by atoms with Gasteiger partial charge >= 0.3 is 11.9 Å². The third-order valence-corrected chi connectivity index (χ3v) is 7.73. The van der Waals surface area contributed by atoms with Crippen LogP contribution in [0.5, 0.6) is 23.0 Å². The lowest BCUT2D eigenvalue weighted by Gasteiger charge is -2.16. The Labute approximate surface area is 250 Å². The van der Waals surface area contributed by atoms with Gasteiger partial charge in [0.05, 0.1) is 39.3 Å². The second-order valence-electron chi connectivity index (χ2n) is 11.0. The summed E-state index contributed by atoms with van der Waals surface area (Å²) >= 11 is 0. The SMILES string of the molecule is COc1cc2c(cc1OCCCOc1cc3c(cc1OC)CN(C(=O)CC(C)C(=O)O)C3)CN(C(=O)CC(C)C(=O)O)C2. The number of ether oxygens (including phenoxy) is 4. The van der Waals surface area contributed by atoms with Crippen LogP contribution in [0.15, 0.2) is 24.3 Å². The van der Waals surface area contributed by atoms with Gasteiger partial charge in [-0.15, -0.1) is 0 Å². The van der Waals surface area contributed by atoms with Crippen molar-refractivity contribution in [2.75, 3.05) is 27.4 Å². The smallest absolute Gasteiger partial charge is 0.306 e. The summed E-state index contributed by atoms with van der Waals surface area (Å²) in [4.78, 5) is 50.7. The molecule has 2 atom stereocenters. The monoisotopic (exact) mass is 598 g/mol. The Hall–Kier alpha value is -4.48. The van der Waals surface area contributed by atoms with E-state index in [1.165, 1.54) is 13.8 Å². The van der Waals surface area contributed by atoms with E-state index in [4.69, 9.17) is 29.2 Å². The number of nitrogens with zero attached hydrogens (tertiary/aromatic N) is 2. The lowest BCUT2D eigenvalue weighted by molar-refractivity contribution is -0.145. The molecular weight excluding hydrogens is 560 g/mol. The summed E-state index contributed by atoms with van der Waals surface area (Å²) in [5, 5.41) is 18.2. The van der Waals surface area contributed by atoms with Crippen LogP contribution in [0.2, 0.25) is 0 Å². The van der Waals surface area contributed by atoms with Crippen LogP contribution < -0.4 is 18.9 Å². The predicted octanol–water partition coefficient (Wildman–Crippen LogP) is 3.46. The number of hydrogen-bond donors (Lipinski definition) is 2. The summed E-state index contributed by atoms with van der Waals surface area (Å²) in [5.41, 5.74) is 3.72. The lowest BCUT2D eigenvalue weighted by atomic mass is 10.1. The fraction of sp³-hybridized carbons (Fsp3) is 0.484. The highest BCUT2D eigenvalue weighted by Gasteiger charge is 2.29. The number of amides is 2. The van der Waals surface area contributed by atoms with Crippen molar-refractivity contribution in [3.63, 3.8) is 0 Å². The number of rotatable bonds is 14. The molecule has 4 rings (SSSR count). The van der Waals surface area contributed by atoms with Gasteiger partial charge < -0.3 is 39.0 Å². The van der Waals surface area contributed by atoms with Crippen molar-refractivity contribution in [3.05, 3.63) is 46.5 Å². The molecule has 232 valence electrons. The normalized spacial score (nSPS) is 14.9. The summed E-state index contributed by atoms with van der Waals surface area (Å²) in [6.07, 6.45) is 0.443. The van der Waals surface area contributed by atoms with Crippen LogP contribution in [0.4, 0.5) is 0 Å². The molecule has 0 aromatic heterocycles. The van der Waals surface area contributed by atoms with Crippen molar-refractivity contribution in [3.8, 4) is 23.0 Å². The van der Waals surface area contributed by atoms with Gasteiger partial charge in [-0.2, -0.15) is 0 Å². The first-order chi connectivity index (χ1) is 20.5. The van der Waals surface area contributed by atoms with Crippen LogP contribution >= 0.6 is 0 Å². The maximum absolute atomic E-state index is 12.6. The highest BCUT2D eigenvalue weighted by molar-refractivity contribution is 5.83. The topological polar surface area (TPSA) is 152 Å². The molecule has 12 heteroatoms. The van der Waals surface area contributed by atoms with Crippen molar-refractivity contribution in [1.82, 2.24) is 9.80 Å². The zero-order valence-electron chi connectivity index (χ0n) is 24.9. The largest absolute Gasteiger partial charge is 0.493 e. The van der Waals surface area contributed by atoms with E-state index < -0.39 is 23.8 Å². The highest BCUT2D eigenvalue weighted by Crippen LogP contribution is 2.37. The number of carbonyl (C=O) groups is 4. The Balaban J connectivity index is 1.30. The summed E-state index contributed by atoms with van der Waals surface area (Å²) in [6.45, 7) is 5.25. The summed E-state index contributed by atoms with van der Waals surface area (Å²) < 4.78 is 23.0. The molecular formula is C31H38N2O10. The number of benzene rings is 2. The van der Waals surface area contributed by atoms with Crippen LogP contribution in [-0.2, 0) is 45.4 Å². The molecule has 12 nitrogen and oxygen atoms in total. The standard InChI is InChI=1S/C31H38N2O10/c1-18(30(36)37)8-28(34)32-14-20-10-24(40-3)26(12-22(20)16-32)42-6-5-7-43-27-13-23-17-33(15-21(23)11-25(27)41-4)29(35)9-19(2)31(38)39/h10-13,18-19H,5-9,14-17H2,1-4H3,(H,36,37)(H,38,39). The minimum absolute atomic E-state index is 0.0543. The summed E-state index contributed by atoms with van der Waals surface area (Å²) in [5.74, 6) is -1.72. The molecule has 0 bridgehead atoms. The van der Waals surface area contributed by atoms with Crippen molar-refractivity contribution >= 4 is 23.8 Å². The lowest BCUT2D eigenvalue weighted by Crippen LogP contribution is -2.28. The Morgan fingerprint density at radius 1 is 0.651 bits per heavy atom. The van der Waals surface area contributed by atoms with Gasteiger partial charge in [-0.25, -0.2) is 0 Å². The van der Waals surface area contributed by atoms with E-state index in [-0.39, 0.29) is 24.7 Å². The predicted molar refractivity (Wildman–Crippen MR) is 153 cm³/mol. The molecule has 0 fully saturated rings. The van der Waals surface area contributed by atoms with Gasteiger partial charge in [-0.1, -0.05) is 13.8 Å². The van der Waals surface area contributed by atoms with Gasteiger partial charge in [0.25, 0.3) is 0 Å². The number of carbonyl (C=O) groups excluding carboxylic acids is 2. The van der Waals surface area contributed by atoms with Crippen molar-refractivity contribution in [2.45, 2.75) is 59.3 Å². The molecule has 2 aliphatic rings. The molecule has 0 saturated carbocycles. The molecule has 2 heterocycles. The summed E-state index contributed by atoms with van der Waals surface area (Å²) in [6, 6.07) is 7.41. The van der Waals surface area contributed by atoms with Gasteiger partial charge in [-0.05, 0) is 46.5 Å². The van der Waals surface area contributed by atoms with Gasteiger partial charge in [0.1, 0.15) is 0 Å². The van der Waals surface area contributed by atoms with Crippen molar-refractivity contribution in [1.29, 1.82) is 0 Å². The van der Waals surface area contributed by atoms with E-state index in [0.717, 1.165) is 22.3 Å². The number of carboxylic acids is 2. The van der Waals surface area contributed by atoms with Crippen LogP contribution in [0.3, 0.4) is 0 Å². The van der Waals surface area contributed by atoms with Crippen LogP contribution in [0, 0.1) is 11.8 Å². The number of hydrogen-bond acceptors (Lipinski definition) is 8. The molecule has 0 spiro atoms. The van der Waals surface area contributed by atoms with E-state index in [1.54, 1.807) is 24.0 Å². The minimum Gasteiger partial charge on any atom is -0.493 e. The first-order valence-electron chi connectivity index (χ1n) is 14.2. The molecule has 2 aromatic rings. The average Bonchev–Trinajstić information content (AvgIpc) is 3.59. The van der Waals surface area contributed by atoms with Crippen LogP contribution in [0.25, 0.3) is 0 Å². The molecule has 0 saturated heterocycles. The fourth-order valence-corrected chi connectivity index (χ4v) is 5.09. The fourth-order valence-electron chi connectivity index (χ4n) is 5.09. The molecule has 2 aromatic carbocycles. The van der Waals surface area contributed by atoms with Crippen LogP contribution in [-0.4, -0.2) is 71.2 Å². The molecule has 2 aliphatic heterocycles. The second-order valence-corrected chi connectivity index (χ2v) is 11.0. The van der Waals surface area contributed by atoms with Gasteiger partial charge in [-0.3, -0.25) is 19.2 Å². The highest BCUT2D eigenvalue weighted by atomic mass is 16.5. The Morgan fingerprint density at radius 2 is 0.977 bits per heavy atom. The molecule has 0 aliphatic carbocycles. The van der Waals surface area contributed by atoms with E-state index in [9.17, 15) is 19.2 Å². The zero-order chi connectivity index (χ0) is 31.3. The maximum atomic E-state index is 12.6. The van der Waals surface area contributed by atoms with Gasteiger partial charge in [0.15, 0.2) is 23.0 Å². The van der Waals surface area contributed by atoms with Crippen molar-refractivity contribution in [2.24, 2.45) is 11.8 Å². The van der Waals surface area contributed by atoms with E-state index in [0.29, 0.717) is 68.8 Å². The zero-order valence-corrected chi connectivity index (χ0v) is 24.9. The van der Waals surface area contributed by atoms with Gasteiger partial charge in [0, 0.05) is 45.4 Å². The molecule has 43 heavy (non-hydrogen) atoms. The third kappa shape index (κ3) is 7.49. The maximum Gasteiger partial charge on any atom is 0.306 e. The van der Waals surface area contributed by atoms with E-state index in [1.807, 2.05) is 24.3 Å². The van der Waals surface area contributed by atoms with Gasteiger partial charge in [0.2, 0.25) is 11.8 Å². The Bertz CT molecular complexity index is 1290. The van der Waals surface area contributed by atoms with Crippen molar-refractivity contribution < 1.29 is 48.3 Å². The first kappa shape index (κ1) is 31.5. The Morgan fingerprint density at radius 3 is 1.28 bits per heavy atom. The average molecular weight is 599 g/mol. The van der Waals surface area contributed by atoms with Crippen LogP contribution in [0.1, 0.15) is 55.4 Å². The number of carboxylic acid groups (broad SMARTS) is 2. The first-order valence-corrected chi connectivity index (χ1v) is 14.2. The summed E-state index contributed by atoms with van der Waals surface area (Å²) in [7, 11) is 3.09. The molecule has 2 N–H and O–H groups in total. The second kappa shape index (κ2) is 13.7. The third-order valence-electron chi connectivity index (χ3n) is 7.73. The number of fused-ring (bicyclic) bond motifs is 2. The van der Waals surface area contributed by atoms with E-state index >= 15 is 0 Å². The number of aliphatic carboxylic acids is 2. The number of methoxy groups -OCH3 is 2. The Kier molecular flexibility index (Phi) is 9.99. The minimum atomic E-state index is -0.996. The van der Waals surface area contributed by atoms with E-state index in [2.05, 4.69) is 0 Å².